The summed E-state index contributed by atoms with van der Waals surface area (Å²) >= 11 is 5.20. The largest absolute Gasteiger partial charge is 0.389 e. The van der Waals surface area contributed by atoms with Crippen molar-refractivity contribution in [1.82, 2.24) is 10.2 Å². The predicted molar refractivity (Wildman–Crippen MR) is 114 cm³/mol. The molecule has 1 aromatic heterocycles. The first-order valence-corrected chi connectivity index (χ1v) is 9.69. The summed E-state index contributed by atoms with van der Waals surface area (Å²) < 4.78 is 6.64. The Labute approximate surface area is 174 Å². The molecule has 0 radical (unpaired) electrons. The summed E-state index contributed by atoms with van der Waals surface area (Å²) in [5.74, 6) is 1.53. The first-order valence-electron chi connectivity index (χ1n) is 8.08. The molecule has 0 aliphatic heterocycles. The van der Waals surface area contributed by atoms with Crippen molar-refractivity contribution >= 4 is 57.2 Å². The summed E-state index contributed by atoms with van der Waals surface area (Å²) in [7, 11) is 2.01. The number of ether oxygens (including phenoxy) is 1. The molecule has 1 aromatic rings. The van der Waals surface area contributed by atoms with Gasteiger partial charge in [-0.25, -0.2) is 0 Å². The van der Waals surface area contributed by atoms with Crippen molar-refractivity contribution in [3.05, 3.63) is 20.8 Å². The fourth-order valence-electron chi connectivity index (χ4n) is 2.11. The van der Waals surface area contributed by atoms with E-state index >= 15 is 0 Å². The lowest BCUT2D eigenvalue weighted by atomic mass is 10.4. The molecule has 1 atom stereocenters. The van der Waals surface area contributed by atoms with Crippen LogP contribution in [-0.4, -0.2) is 55.4 Å². The van der Waals surface area contributed by atoms with Crippen LogP contribution in [0.15, 0.2) is 20.9 Å². The highest BCUT2D eigenvalue weighted by molar-refractivity contribution is 14.0. The molecule has 0 spiro atoms. The number of nitrogens with one attached hydrogen (secondary N) is 1. The standard InChI is InChI=1S/C16H26BrN3O2S.HI/c1-3-18-16(20(2)9-14-6-7-15(17)23-14)19-8-13(21)11-22-10-12-4-5-12;/h6-7,12-13,21H,3-5,8-11H2,1-2H3,(H,18,19);1H. The minimum absolute atomic E-state index is 0. The van der Waals surface area contributed by atoms with Crippen LogP contribution < -0.4 is 5.32 Å². The second-order valence-electron chi connectivity index (χ2n) is 5.89. The molecule has 1 aliphatic carbocycles. The smallest absolute Gasteiger partial charge is 0.194 e. The number of hydrogen-bond donors (Lipinski definition) is 2. The van der Waals surface area contributed by atoms with Gasteiger partial charge in [0.25, 0.3) is 0 Å². The van der Waals surface area contributed by atoms with E-state index in [4.69, 9.17) is 4.74 Å². The summed E-state index contributed by atoms with van der Waals surface area (Å²) in [6.07, 6.45) is 1.98. The number of nitrogens with zero attached hydrogens (tertiary/aromatic N) is 2. The fraction of sp³-hybridized carbons (Fsp3) is 0.688. The van der Waals surface area contributed by atoms with Crippen molar-refractivity contribution in [1.29, 1.82) is 0 Å². The van der Waals surface area contributed by atoms with Crippen LogP contribution in [0, 0.1) is 5.92 Å². The Bertz CT molecular complexity index is 511. The third-order valence-electron chi connectivity index (χ3n) is 3.53. The predicted octanol–water partition coefficient (Wildman–Crippen LogP) is 3.31. The second-order valence-corrected chi connectivity index (χ2v) is 8.44. The van der Waals surface area contributed by atoms with Crippen LogP contribution >= 0.6 is 51.2 Å². The van der Waals surface area contributed by atoms with Crippen LogP contribution in [0.2, 0.25) is 0 Å². The molecule has 0 amide bonds. The average molecular weight is 532 g/mol. The molecule has 2 N–H and O–H groups in total. The van der Waals surface area contributed by atoms with Gasteiger partial charge in [0.15, 0.2) is 5.96 Å². The van der Waals surface area contributed by atoms with Crippen LogP contribution in [0.5, 0.6) is 0 Å². The van der Waals surface area contributed by atoms with Crippen molar-refractivity contribution in [2.45, 2.75) is 32.4 Å². The number of hydrogen-bond acceptors (Lipinski definition) is 4. The molecule has 1 unspecified atom stereocenters. The molecule has 138 valence electrons. The maximum atomic E-state index is 9.99. The topological polar surface area (TPSA) is 57.1 Å². The zero-order valence-electron chi connectivity index (χ0n) is 14.2. The minimum Gasteiger partial charge on any atom is -0.389 e. The number of aliphatic imine (C=N–C) groups is 1. The van der Waals surface area contributed by atoms with E-state index in [1.54, 1.807) is 11.3 Å². The highest BCUT2D eigenvalue weighted by Gasteiger charge is 2.21. The Hall–Kier alpha value is 0.1000. The van der Waals surface area contributed by atoms with Gasteiger partial charge in [-0.3, -0.25) is 4.99 Å². The lowest BCUT2D eigenvalue weighted by Crippen LogP contribution is -2.39. The Morgan fingerprint density at radius 1 is 1.54 bits per heavy atom. The highest BCUT2D eigenvalue weighted by Crippen LogP contribution is 2.28. The summed E-state index contributed by atoms with van der Waals surface area (Å²) in [5, 5.41) is 13.3. The molecule has 1 aliphatic rings. The third kappa shape index (κ3) is 8.46. The molecule has 1 saturated carbocycles. The highest BCUT2D eigenvalue weighted by atomic mass is 127. The molecular formula is C16H27BrIN3O2S. The molecule has 2 rings (SSSR count). The van der Waals surface area contributed by atoms with Gasteiger partial charge in [0.05, 0.1) is 29.6 Å². The van der Waals surface area contributed by atoms with E-state index in [9.17, 15) is 5.11 Å². The molecule has 1 heterocycles. The molecule has 0 bridgehead atoms. The Morgan fingerprint density at radius 3 is 2.88 bits per heavy atom. The van der Waals surface area contributed by atoms with Crippen molar-refractivity contribution in [2.75, 3.05) is 33.4 Å². The van der Waals surface area contributed by atoms with E-state index in [0.29, 0.717) is 13.2 Å². The number of thiophene rings is 1. The van der Waals surface area contributed by atoms with E-state index in [-0.39, 0.29) is 24.0 Å². The molecule has 0 aromatic carbocycles. The van der Waals surface area contributed by atoms with Gasteiger partial charge in [-0.1, -0.05) is 0 Å². The minimum atomic E-state index is -0.549. The summed E-state index contributed by atoms with van der Waals surface area (Å²) in [5.41, 5.74) is 0. The van der Waals surface area contributed by atoms with Crippen LogP contribution in [0.3, 0.4) is 0 Å². The maximum Gasteiger partial charge on any atom is 0.194 e. The third-order valence-corrected chi connectivity index (χ3v) is 5.14. The van der Waals surface area contributed by atoms with E-state index in [1.165, 1.54) is 17.7 Å². The van der Waals surface area contributed by atoms with Gasteiger partial charge in [-0.05, 0) is 53.7 Å². The number of rotatable bonds is 9. The molecular weight excluding hydrogens is 505 g/mol. The van der Waals surface area contributed by atoms with Gasteiger partial charge >= 0.3 is 0 Å². The molecule has 8 heteroatoms. The molecule has 0 saturated heterocycles. The molecule has 5 nitrogen and oxygen atoms in total. The first kappa shape index (κ1) is 22.1. The van der Waals surface area contributed by atoms with Gasteiger partial charge in [0.2, 0.25) is 0 Å². The first-order chi connectivity index (χ1) is 11.1. The van der Waals surface area contributed by atoms with E-state index < -0.39 is 6.10 Å². The Balaban J connectivity index is 0.00000288. The maximum absolute atomic E-state index is 9.99. The van der Waals surface area contributed by atoms with Gasteiger partial charge in [-0.15, -0.1) is 35.3 Å². The zero-order valence-corrected chi connectivity index (χ0v) is 18.9. The quantitative estimate of drug-likeness (QED) is 0.291. The van der Waals surface area contributed by atoms with Crippen molar-refractivity contribution in [3.8, 4) is 0 Å². The van der Waals surface area contributed by atoms with Gasteiger partial charge in [-0.2, -0.15) is 0 Å². The number of guanidine groups is 1. The van der Waals surface area contributed by atoms with Crippen molar-refractivity contribution in [2.24, 2.45) is 10.9 Å². The number of aliphatic hydroxyl groups is 1. The molecule has 1 fully saturated rings. The lowest BCUT2D eigenvalue weighted by molar-refractivity contribution is 0.0367. The van der Waals surface area contributed by atoms with Crippen LogP contribution in [0.4, 0.5) is 0 Å². The van der Waals surface area contributed by atoms with Crippen molar-refractivity contribution in [3.63, 3.8) is 0 Å². The van der Waals surface area contributed by atoms with Gasteiger partial charge < -0.3 is 20.1 Å². The Morgan fingerprint density at radius 2 is 2.29 bits per heavy atom. The fourth-order valence-corrected chi connectivity index (χ4v) is 3.65. The van der Waals surface area contributed by atoms with E-state index in [2.05, 4.69) is 43.3 Å². The summed E-state index contributed by atoms with van der Waals surface area (Å²) in [4.78, 5) is 7.86. The van der Waals surface area contributed by atoms with Gasteiger partial charge in [0.1, 0.15) is 0 Å². The second kappa shape index (κ2) is 11.7. The van der Waals surface area contributed by atoms with Crippen LogP contribution in [-0.2, 0) is 11.3 Å². The van der Waals surface area contributed by atoms with E-state index in [0.717, 1.165) is 35.4 Å². The SMILES string of the molecule is CCNC(=NCC(O)COCC1CC1)N(C)Cc1ccc(Br)s1.I. The van der Waals surface area contributed by atoms with Crippen LogP contribution in [0.1, 0.15) is 24.6 Å². The summed E-state index contributed by atoms with van der Waals surface area (Å²) in [6, 6.07) is 4.16. The van der Waals surface area contributed by atoms with Crippen molar-refractivity contribution < 1.29 is 9.84 Å². The number of halogens is 2. The van der Waals surface area contributed by atoms with Gasteiger partial charge in [0, 0.05) is 25.1 Å². The monoisotopic (exact) mass is 531 g/mol. The van der Waals surface area contributed by atoms with E-state index in [1.807, 2.05) is 14.0 Å². The zero-order chi connectivity index (χ0) is 16.7. The Kier molecular flexibility index (Phi) is 10.8. The number of aliphatic hydroxyl groups excluding tert-OH is 1. The average Bonchev–Trinajstić information content (AvgIpc) is 3.25. The lowest BCUT2D eigenvalue weighted by Gasteiger charge is -2.22. The molecule has 24 heavy (non-hydrogen) atoms. The normalized spacial score (nSPS) is 15.8. The summed E-state index contributed by atoms with van der Waals surface area (Å²) in [6.45, 7) is 5.11. The van der Waals surface area contributed by atoms with Crippen LogP contribution in [0.25, 0.3) is 0 Å².